The third-order valence-electron chi connectivity index (χ3n) is 4.29. The molecule has 0 unspecified atom stereocenters. The second-order valence-corrected chi connectivity index (χ2v) is 5.73. The summed E-state index contributed by atoms with van der Waals surface area (Å²) in [5, 5.41) is 0. The molecule has 0 aromatic heterocycles. The zero-order valence-electron chi connectivity index (χ0n) is 11.3. The number of rotatable bonds is 8. The highest BCUT2D eigenvalue weighted by molar-refractivity contribution is 4.72. The van der Waals surface area contributed by atoms with Gasteiger partial charge in [-0.3, -0.25) is 0 Å². The quantitative estimate of drug-likeness (QED) is 0.458. The number of hydrogen-bond donors (Lipinski definition) is 0. The lowest BCUT2D eigenvalue weighted by Crippen LogP contribution is -2.14. The summed E-state index contributed by atoms with van der Waals surface area (Å²) in [6, 6.07) is 0. The van der Waals surface area contributed by atoms with Gasteiger partial charge in [-0.25, -0.2) is 0 Å². The van der Waals surface area contributed by atoms with Gasteiger partial charge in [-0.1, -0.05) is 90.9 Å². The molecule has 1 saturated carbocycles. The fourth-order valence-electron chi connectivity index (χ4n) is 3.13. The normalized spacial score (nSPS) is 25.9. The highest BCUT2D eigenvalue weighted by atomic mass is 14.3. The molecule has 1 rings (SSSR count). The fraction of sp³-hybridized carbons (Fsp3) is 0.938. The summed E-state index contributed by atoms with van der Waals surface area (Å²) >= 11 is 0. The van der Waals surface area contributed by atoms with Gasteiger partial charge < -0.3 is 0 Å². The van der Waals surface area contributed by atoms with Crippen molar-refractivity contribution in [2.45, 2.75) is 84.0 Å². The molecule has 1 aliphatic carbocycles. The molecular weight excluding hydrogens is 192 g/mol. The van der Waals surface area contributed by atoms with Gasteiger partial charge in [0.15, 0.2) is 0 Å². The molecule has 0 amide bonds. The molecule has 0 N–H and O–H groups in total. The van der Waals surface area contributed by atoms with Crippen molar-refractivity contribution in [2.75, 3.05) is 0 Å². The van der Waals surface area contributed by atoms with E-state index in [1.54, 1.807) is 0 Å². The molecule has 95 valence electrons. The first-order valence-electron chi connectivity index (χ1n) is 7.66. The van der Waals surface area contributed by atoms with Crippen molar-refractivity contribution in [1.29, 1.82) is 0 Å². The summed E-state index contributed by atoms with van der Waals surface area (Å²) < 4.78 is 0. The van der Waals surface area contributed by atoms with Gasteiger partial charge in [-0.15, -0.1) is 0 Å². The highest BCUT2D eigenvalue weighted by Gasteiger charge is 2.19. The summed E-state index contributed by atoms with van der Waals surface area (Å²) in [7, 11) is 0. The summed E-state index contributed by atoms with van der Waals surface area (Å²) in [5.41, 5.74) is 0. The first-order valence-corrected chi connectivity index (χ1v) is 7.66. The Morgan fingerprint density at radius 1 is 0.812 bits per heavy atom. The molecule has 0 saturated heterocycles. The minimum absolute atomic E-state index is 1.02. The monoisotopic (exact) mass is 223 g/mol. The zero-order chi connectivity index (χ0) is 11.6. The van der Waals surface area contributed by atoms with Crippen molar-refractivity contribution < 1.29 is 0 Å². The molecule has 1 aliphatic rings. The lowest BCUT2D eigenvalue weighted by atomic mass is 9.78. The Morgan fingerprint density at radius 2 is 1.38 bits per heavy atom. The minimum atomic E-state index is 1.02. The average Bonchev–Trinajstić information content (AvgIpc) is 2.31. The number of unbranched alkanes of at least 4 members (excludes halogenated alkanes) is 4. The maximum atomic E-state index is 3.98. The molecule has 0 heterocycles. The third kappa shape index (κ3) is 5.92. The first kappa shape index (κ1) is 14.1. The van der Waals surface area contributed by atoms with Crippen molar-refractivity contribution in [3.8, 4) is 0 Å². The second kappa shape index (κ2) is 9.07. The van der Waals surface area contributed by atoms with Crippen LogP contribution in [0.25, 0.3) is 0 Å². The van der Waals surface area contributed by atoms with E-state index in [1.807, 2.05) is 0 Å². The molecule has 0 spiro atoms. The van der Waals surface area contributed by atoms with Crippen LogP contribution >= 0.6 is 0 Å². The van der Waals surface area contributed by atoms with E-state index in [0.717, 1.165) is 18.3 Å². The van der Waals surface area contributed by atoms with Crippen molar-refractivity contribution in [3.63, 3.8) is 0 Å². The zero-order valence-corrected chi connectivity index (χ0v) is 11.3. The Bertz CT molecular complexity index is 142. The van der Waals surface area contributed by atoms with Gasteiger partial charge in [0.05, 0.1) is 0 Å². The average molecular weight is 223 g/mol. The van der Waals surface area contributed by atoms with Gasteiger partial charge in [0.1, 0.15) is 0 Å². The van der Waals surface area contributed by atoms with Crippen LogP contribution in [0.15, 0.2) is 0 Å². The van der Waals surface area contributed by atoms with E-state index < -0.39 is 0 Å². The highest BCUT2D eigenvalue weighted by Crippen LogP contribution is 2.34. The third-order valence-corrected chi connectivity index (χ3v) is 4.29. The maximum absolute atomic E-state index is 3.98. The van der Waals surface area contributed by atoms with E-state index in [-0.39, 0.29) is 0 Å². The lowest BCUT2D eigenvalue weighted by molar-refractivity contribution is 0.249. The van der Waals surface area contributed by atoms with E-state index in [4.69, 9.17) is 0 Å². The van der Waals surface area contributed by atoms with Crippen LogP contribution in [0.3, 0.4) is 0 Å². The Hall–Kier alpha value is 0. The minimum Gasteiger partial charge on any atom is -0.0654 e. The van der Waals surface area contributed by atoms with Crippen LogP contribution in [0.1, 0.15) is 84.0 Å². The Morgan fingerprint density at radius 3 is 1.94 bits per heavy atom. The van der Waals surface area contributed by atoms with Crippen LogP contribution in [0, 0.1) is 18.8 Å². The van der Waals surface area contributed by atoms with Gasteiger partial charge >= 0.3 is 0 Å². The summed E-state index contributed by atoms with van der Waals surface area (Å²) in [6.07, 6.45) is 17.3. The van der Waals surface area contributed by atoms with Crippen LogP contribution in [0.4, 0.5) is 0 Å². The SMILES string of the molecule is [CH2]CCC1CCC(CCCCCCC)CC1. The molecule has 16 heavy (non-hydrogen) atoms. The largest absolute Gasteiger partial charge is 0.0654 e. The molecule has 0 heteroatoms. The van der Waals surface area contributed by atoms with Gasteiger partial charge in [-0.05, 0) is 11.8 Å². The summed E-state index contributed by atoms with van der Waals surface area (Å²) in [4.78, 5) is 0. The van der Waals surface area contributed by atoms with Crippen LogP contribution in [-0.4, -0.2) is 0 Å². The maximum Gasteiger partial charge on any atom is -0.0414 e. The molecule has 1 radical (unpaired) electrons. The molecule has 0 bridgehead atoms. The van der Waals surface area contributed by atoms with Crippen molar-refractivity contribution in [3.05, 3.63) is 6.92 Å². The molecule has 1 fully saturated rings. The molecule has 0 aromatic carbocycles. The standard InChI is InChI=1S/C16H31/c1-3-5-6-7-8-10-16-13-11-15(9-4-2)12-14-16/h15-16H,2-14H2,1H3. The summed E-state index contributed by atoms with van der Waals surface area (Å²) in [5.74, 6) is 2.09. The summed E-state index contributed by atoms with van der Waals surface area (Å²) in [6.45, 7) is 6.27. The molecule has 0 aliphatic heterocycles. The Balaban J connectivity index is 1.95. The first-order chi connectivity index (χ1) is 7.86. The number of hydrogen-bond acceptors (Lipinski definition) is 0. The van der Waals surface area contributed by atoms with Crippen LogP contribution < -0.4 is 0 Å². The van der Waals surface area contributed by atoms with E-state index in [0.29, 0.717) is 0 Å². The van der Waals surface area contributed by atoms with E-state index in [9.17, 15) is 0 Å². The van der Waals surface area contributed by atoms with Crippen LogP contribution in [-0.2, 0) is 0 Å². The fourth-order valence-corrected chi connectivity index (χ4v) is 3.13. The van der Waals surface area contributed by atoms with Crippen LogP contribution in [0.5, 0.6) is 0 Å². The van der Waals surface area contributed by atoms with E-state index in [2.05, 4.69) is 13.8 Å². The van der Waals surface area contributed by atoms with E-state index in [1.165, 1.54) is 70.6 Å². The predicted octanol–water partition coefficient (Wildman–Crippen LogP) is 5.77. The van der Waals surface area contributed by atoms with Gasteiger partial charge in [0.25, 0.3) is 0 Å². The van der Waals surface area contributed by atoms with Gasteiger partial charge in [0.2, 0.25) is 0 Å². The molecule has 0 nitrogen and oxygen atoms in total. The Labute approximate surface area is 103 Å². The van der Waals surface area contributed by atoms with Gasteiger partial charge in [-0.2, -0.15) is 0 Å². The van der Waals surface area contributed by atoms with Crippen molar-refractivity contribution in [1.82, 2.24) is 0 Å². The molecular formula is C16H31. The van der Waals surface area contributed by atoms with Gasteiger partial charge in [0, 0.05) is 0 Å². The topological polar surface area (TPSA) is 0 Å². The smallest absolute Gasteiger partial charge is 0.0414 e. The second-order valence-electron chi connectivity index (χ2n) is 5.73. The van der Waals surface area contributed by atoms with Crippen molar-refractivity contribution >= 4 is 0 Å². The predicted molar refractivity (Wildman–Crippen MR) is 73.4 cm³/mol. The van der Waals surface area contributed by atoms with Crippen LogP contribution in [0.2, 0.25) is 0 Å². The lowest BCUT2D eigenvalue weighted by Gasteiger charge is -2.28. The molecule has 0 aromatic rings. The van der Waals surface area contributed by atoms with Crippen molar-refractivity contribution in [2.24, 2.45) is 11.8 Å². The molecule has 0 atom stereocenters. The van der Waals surface area contributed by atoms with E-state index >= 15 is 0 Å². The Kier molecular flexibility index (Phi) is 7.98.